The maximum absolute atomic E-state index is 12.9. The van der Waals surface area contributed by atoms with E-state index in [1.54, 1.807) is 4.90 Å². The highest BCUT2D eigenvalue weighted by Crippen LogP contribution is 2.37. The van der Waals surface area contributed by atoms with Crippen LogP contribution in [0.3, 0.4) is 0 Å². The smallest absolute Gasteiger partial charge is 0.414 e. The number of carbonyl (C=O) groups is 2. The number of hydrogen-bond donors (Lipinski definition) is 1. The molecule has 1 amide bonds. The molecule has 0 spiro atoms. The zero-order valence-corrected chi connectivity index (χ0v) is 22.1. The van der Waals surface area contributed by atoms with E-state index in [1.807, 2.05) is 101 Å². The molecule has 1 heterocycles. The molecule has 3 aromatic rings. The number of carboxylic acid groups (broad SMARTS) is 1. The van der Waals surface area contributed by atoms with E-state index in [1.165, 1.54) is 11.8 Å². The van der Waals surface area contributed by atoms with Crippen LogP contribution in [0.2, 0.25) is 0 Å². The first-order valence-corrected chi connectivity index (χ1v) is 12.7. The van der Waals surface area contributed by atoms with Gasteiger partial charge in [0.05, 0.1) is 11.0 Å². The molecular weight excluding hydrogens is 462 g/mol. The second-order valence-corrected chi connectivity index (χ2v) is 11.6. The molecular formula is C27H35N3O4S. The Hall–Kier alpha value is -3.00. The van der Waals surface area contributed by atoms with E-state index in [9.17, 15) is 14.7 Å². The molecule has 0 saturated heterocycles. The van der Waals surface area contributed by atoms with Crippen molar-refractivity contribution in [3.05, 3.63) is 54.6 Å². The Bertz CT molecular complexity index is 1160. The van der Waals surface area contributed by atoms with Gasteiger partial charge in [-0.3, -0.25) is 4.90 Å². The second kappa shape index (κ2) is 10.7. The largest absolute Gasteiger partial charge is 0.480 e. The van der Waals surface area contributed by atoms with Gasteiger partial charge in [-0.15, -0.1) is 0 Å². The molecule has 0 fully saturated rings. The van der Waals surface area contributed by atoms with Crippen molar-refractivity contribution < 1.29 is 19.4 Å². The summed E-state index contributed by atoms with van der Waals surface area (Å²) in [7, 11) is 0. The van der Waals surface area contributed by atoms with Gasteiger partial charge in [0.15, 0.2) is 5.16 Å². The minimum Gasteiger partial charge on any atom is -0.480 e. The molecule has 0 bridgehead atoms. The summed E-state index contributed by atoms with van der Waals surface area (Å²) in [6.45, 7) is 11.8. The fourth-order valence-corrected chi connectivity index (χ4v) is 4.84. The number of carbonyl (C=O) groups excluding carboxylic acids is 1. The molecule has 2 aromatic carbocycles. The Morgan fingerprint density at radius 2 is 1.66 bits per heavy atom. The monoisotopic (exact) mass is 497 g/mol. The first kappa shape index (κ1) is 26.6. The molecule has 188 valence electrons. The van der Waals surface area contributed by atoms with Crippen LogP contribution < -0.4 is 4.90 Å². The van der Waals surface area contributed by atoms with Gasteiger partial charge in [-0.05, 0) is 56.9 Å². The lowest BCUT2D eigenvalue weighted by Gasteiger charge is -2.30. The minimum atomic E-state index is -0.886. The first-order chi connectivity index (χ1) is 16.4. The molecule has 1 N–H and O–H groups in total. The van der Waals surface area contributed by atoms with E-state index in [0.717, 1.165) is 16.7 Å². The Balaban J connectivity index is 1.80. The number of benzene rings is 2. The fourth-order valence-electron chi connectivity index (χ4n) is 3.88. The third-order valence-corrected chi connectivity index (χ3v) is 6.35. The summed E-state index contributed by atoms with van der Waals surface area (Å²) in [5, 5.41) is 10.7. The molecule has 35 heavy (non-hydrogen) atoms. The van der Waals surface area contributed by atoms with Gasteiger partial charge >= 0.3 is 12.1 Å². The van der Waals surface area contributed by atoms with E-state index in [-0.39, 0.29) is 6.09 Å². The van der Waals surface area contributed by atoms with Gasteiger partial charge in [-0.1, -0.05) is 62.9 Å². The number of ether oxygens (including phenoxy) is 1. The van der Waals surface area contributed by atoms with E-state index in [4.69, 9.17) is 9.72 Å². The fraction of sp³-hybridized carbons (Fsp3) is 0.444. The number of carboxylic acids is 1. The number of anilines is 1. The lowest BCUT2D eigenvalue weighted by Crippen LogP contribution is -2.37. The number of imidazole rings is 1. The van der Waals surface area contributed by atoms with Crippen molar-refractivity contribution in [2.75, 3.05) is 17.2 Å². The number of fused-ring (bicyclic) bond motifs is 1. The number of aromatic nitrogens is 2. The maximum Gasteiger partial charge on any atom is 0.414 e. The summed E-state index contributed by atoms with van der Waals surface area (Å²) in [6.07, 6.45) is 0.287. The number of thioether (sulfide) groups is 1. The molecule has 0 aliphatic heterocycles. The van der Waals surface area contributed by atoms with Crippen LogP contribution in [-0.2, 0) is 9.53 Å². The van der Waals surface area contributed by atoms with Crippen molar-refractivity contribution in [1.82, 2.24) is 9.55 Å². The number of amides is 1. The highest BCUT2D eigenvalue weighted by atomic mass is 32.2. The average Bonchev–Trinajstić information content (AvgIpc) is 3.09. The Kier molecular flexibility index (Phi) is 8.15. The number of nitrogens with zero attached hydrogens (tertiary/aromatic N) is 3. The summed E-state index contributed by atoms with van der Waals surface area (Å²) in [5.74, 6) is -0.228. The average molecular weight is 498 g/mol. The molecule has 1 atom stereocenters. The summed E-state index contributed by atoms with van der Waals surface area (Å²) in [4.78, 5) is 31.6. The van der Waals surface area contributed by atoms with Crippen LogP contribution >= 0.6 is 11.8 Å². The quantitative estimate of drug-likeness (QED) is 0.278. The Morgan fingerprint density at radius 3 is 2.26 bits per heavy atom. The predicted molar refractivity (Wildman–Crippen MR) is 141 cm³/mol. The van der Waals surface area contributed by atoms with Crippen molar-refractivity contribution in [1.29, 1.82) is 0 Å². The summed E-state index contributed by atoms with van der Waals surface area (Å²) < 4.78 is 7.46. The molecule has 1 unspecified atom stereocenters. The third kappa shape index (κ3) is 6.78. The van der Waals surface area contributed by atoms with Crippen LogP contribution in [0.4, 0.5) is 10.5 Å². The third-order valence-electron chi connectivity index (χ3n) is 5.31. The summed E-state index contributed by atoms with van der Waals surface area (Å²) in [6, 6.07) is 16.3. The zero-order valence-electron chi connectivity index (χ0n) is 21.3. The van der Waals surface area contributed by atoms with Crippen LogP contribution in [-0.4, -0.2) is 44.6 Å². The van der Waals surface area contributed by atoms with Gasteiger partial charge in [-0.2, -0.15) is 0 Å². The Labute approximate surface area is 211 Å². The summed E-state index contributed by atoms with van der Waals surface area (Å²) in [5.41, 5.74) is 1.24. The predicted octanol–water partition coefficient (Wildman–Crippen LogP) is 6.63. The molecule has 8 heteroatoms. The number of rotatable bonds is 8. The highest BCUT2D eigenvalue weighted by molar-refractivity contribution is 7.99. The van der Waals surface area contributed by atoms with Crippen molar-refractivity contribution in [2.45, 2.75) is 64.8 Å². The topological polar surface area (TPSA) is 84.7 Å². The lowest BCUT2D eigenvalue weighted by atomic mass is 9.86. The molecule has 0 radical (unpaired) electrons. The van der Waals surface area contributed by atoms with Gasteiger partial charge in [0.2, 0.25) is 0 Å². The summed E-state index contributed by atoms with van der Waals surface area (Å²) >= 11 is 1.51. The number of para-hydroxylation sites is 3. The first-order valence-electron chi connectivity index (χ1n) is 11.8. The number of aliphatic carboxylic acids is 1. The van der Waals surface area contributed by atoms with Crippen molar-refractivity contribution in [3.63, 3.8) is 0 Å². The van der Waals surface area contributed by atoms with E-state index in [2.05, 4.69) is 0 Å². The normalized spacial score (nSPS) is 13.0. The van der Waals surface area contributed by atoms with Crippen LogP contribution in [0.1, 0.15) is 54.0 Å². The van der Waals surface area contributed by atoms with Crippen LogP contribution in [0.5, 0.6) is 0 Å². The van der Waals surface area contributed by atoms with Gasteiger partial charge < -0.3 is 14.4 Å². The molecule has 0 saturated carbocycles. The van der Waals surface area contributed by atoms with Gasteiger partial charge in [0.1, 0.15) is 11.6 Å². The second-order valence-electron chi connectivity index (χ2n) is 10.5. The van der Waals surface area contributed by atoms with E-state index < -0.39 is 23.0 Å². The zero-order chi connectivity index (χ0) is 25.8. The van der Waals surface area contributed by atoms with Gasteiger partial charge in [0.25, 0.3) is 0 Å². The van der Waals surface area contributed by atoms with Crippen LogP contribution in [0, 0.1) is 5.41 Å². The van der Waals surface area contributed by atoms with Crippen molar-refractivity contribution >= 4 is 40.5 Å². The number of hydrogen-bond acceptors (Lipinski definition) is 5. The maximum atomic E-state index is 12.9. The van der Waals surface area contributed by atoms with Crippen LogP contribution in [0.15, 0.2) is 59.8 Å². The molecule has 3 rings (SSSR count). The van der Waals surface area contributed by atoms with Gasteiger partial charge in [0, 0.05) is 18.0 Å². The molecule has 1 aromatic heterocycles. The minimum absolute atomic E-state index is 0.389. The Morgan fingerprint density at radius 1 is 1.03 bits per heavy atom. The molecule has 7 nitrogen and oxygen atoms in total. The molecule has 0 aliphatic carbocycles. The van der Waals surface area contributed by atoms with Crippen molar-refractivity contribution in [2.24, 2.45) is 5.41 Å². The van der Waals surface area contributed by atoms with Crippen LogP contribution in [0.25, 0.3) is 11.0 Å². The standard InChI is InChI=1S/C27H35N3O4S/c1-26(2,3)22(23(31)32)30-21-16-11-10-15-20(21)28-24(30)35-18-12-17-29(19-13-8-7-9-14-19)25(33)34-27(4,5)6/h7-11,13-16,22H,12,17-18H2,1-6H3,(H,31,32). The lowest BCUT2D eigenvalue weighted by molar-refractivity contribution is -0.144. The van der Waals surface area contributed by atoms with Gasteiger partial charge in [-0.25, -0.2) is 14.6 Å². The SMILES string of the molecule is CC(C)(C)OC(=O)N(CCCSc1nc2ccccc2n1C(C(=O)O)C(C)(C)C)c1ccccc1. The van der Waals surface area contributed by atoms with E-state index >= 15 is 0 Å². The highest BCUT2D eigenvalue weighted by Gasteiger charge is 2.36. The van der Waals surface area contributed by atoms with Crippen molar-refractivity contribution in [3.8, 4) is 0 Å². The molecule has 0 aliphatic rings. The van der Waals surface area contributed by atoms with E-state index in [0.29, 0.717) is 23.9 Å².